The number of benzene rings is 1. The first-order valence-electron chi connectivity index (χ1n) is 5.28. The van der Waals surface area contributed by atoms with E-state index in [0.717, 1.165) is 11.5 Å². The summed E-state index contributed by atoms with van der Waals surface area (Å²) in [7, 11) is -0.127. The summed E-state index contributed by atoms with van der Waals surface area (Å²) in [5.74, 6) is 1.69. The molecule has 0 atom stereocenters. The van der Waals surface area contributed by atoms with Gasteiger partial charge in [-0.15, -0.1) is 0 Å². The van der Waals surface area contributed by atoms with Crippen LogP contribution in [-0.2, 0) is 0 Å². The molecule has 0 bridgehead atoms. The zero-order chi connectivity index (χ0) is 11.0. The molecule has 0 aromatic heterocycles. The molecule has 0 fully saturated rings. The number of hydrogen-bond acceptors (Lipinski definition) is 2. The second-order valence-corrected chi connectivity index (χ2v) is 2.25. The minimum absolute atomic E-state index is 0.127. The predicted octanol–water partition coefficient (Wildman–Crippen LogP) is 3.63. The Morgan fingerprint density at radius 2 is 1.21 bits per heavy atom. The summed E-state index contributed by atoms with van der Waals surface area (Å²) in [4.78, 5) is 0. The highest BCUT2D eigenvalue weighted by molar-refractivity contribution is 6.45. The van der Waals surface area contributed by atoms with Gasteiger partial charge in [-0.3, -0.25) is 0 Å². The molecule has 0 saturated heterocycles. The Labute approximate surface area is 87.4 Å². The molecule has 1 heterocycles. The predicted molar refractivity (Wildman–Crippen MR) is 62.0 cm³/mol. The van der Waals surface area contributed by atoms with E-state index in [4.69, 9.17) is 9.31 Å². The van der Waals surface area contributed by atoms with E-state index in [1.807, 2.05) is 58.8 Å². The van der Waals surface area contributed by atoms with Crippen molar-refractivity contribution in [1.82, 2.24) is 0 Å². The van der Waals surface area contributed by atoms with Crippen molar-refractivity contribution >= 4 is 7.12 Å². The molecule has 14 heavy (non-hydrogen) atoms. The molecule has 0 aliphatic carbocycles. The summed E-state index contributed by atoms with van der Waals surface area (Å²) < 4.78 is 10.6. The minimum Gasteiger partial charge on any atom is -0.523 e. The fourth-order valence-electron chi connectivity index (χ4n) is 1.03. The van der Waals surface area contributed by atoms with Crippen LogP contribution in [0.15, 0.2) is 24.3 Å². The van der Waals surface area contributed by atoms with Crippen molar-refractivity contribution in [2.45, 2.75) is 34.5 Å². The minimum atomic E-state index is -0.127. The Morgan fingerprint density at radius 3 is 1.57 bits per heavy atom. The van der Waals surface area contributed by atoms with Gasteiger partial charge in [-0.05, 0) is 19.0 Å². The summed E-state index contributed by atoms with van der Waals surface area (Å²) in [6.07, 6.45) is 0. The smallest absolute Gasteiger partial charge is 0.523 e. The summed E-state index contributed by atoms with van der Waals surface area (Å²) >= 11 is 0. The average Bonchev–Trinajstić information content (AvgIpc) is 2.64. The van der Waals surface area contributed by atoms with Gasteiger partial charge in [0.25, 0.3) is 0 Å². The molecule has 3 heteroatoms. The number of fused-ring (bicyclic) bond motifs is 1. The highest BCUT2D eigenvalue weighted by atomic mass is 16.6. The standard InChI is InChI=1S/C7H7BO2.2C2H6/c1-8-9-6-4-2-3-5-7(6)10-8;2*1-2/h2-5H,1H3;2*1-2H3. The summed E-state index contributed by atoms with van der Waals surface area (Å²) in [6, 6.07) is 7.66. The van der Waals surface area contributed by atoms with Crippen LogP contribution >= 0.6 is 0 Å². The van der Waals surface area contributed by atoms with Gasteiger partial charge in [0, 0.05) is 0 Å². The number of hydrogen-bond donors (Lipinski definition) is 0. The van der Waals surface area contributed by atoms with Crippen molar-refractivity contribution in [2.75, 3.05) is 0 Å². The van der Waals surface area contributed by atoms with Crippen LogP contribution in [0.5, 0.6) is 11.5 Å². The van der Waals surface area contributed by atoms with Gasteiger partial charge < -0.3 is 9.31 Å². The maximum Gasteiger partial charge on any atom is 0.591 e. The lowest BCUT2D eigenvalue weighted by atomic mass is 9.97. The zero-order valence-electron chi connectivity index (χ0n) is 9.70. The molecular formula is C11H19BO2. The van der Waals surface area contributed by atoms with Gasteiger partial charge in [0.2, 0.25) is 0 Å². The summed E-state index contributed by atoms with van der Waals surface area (Å²) in [6.45, 7) is 9.88. The summed E-state index contributed by atoms with van der Waals surface area (Å²) in [5.41, 5.74) is 0. The van der Waals surface area contributed by atoms with E-state index < -0.39 is 0 Å². The van der Waals surface area contributed by atoms with Gasteiger partial charge >= 0.3 is 7.12 Å². The van der Waals surface area contributed by atoms with Gasteiger partial charge in [-0.25, -0.2) is 0 Å². The third-order valence-electron chi connectivity index (χ3n) is 1.44. The first-order chi connectivity index (χ1) is 6.86. The van der Waals surface area contributed by atoms with Gasteiger partial charge in [-0.1, -0.05) is 39.8 Å². The Kier molecular flexibility index (Phi) is 6.72. The van der Waals surface area contributed by atoms with E-state index in [2.05, 4.69) is 0 Å². The lowest BCUT2D eigenvalue weighted by Crippen LogP contribution is -2.18. The molecule has 1 aromatic rings. The fraction of sp³-hybridized carbons (Fsp3) is 0.455. The molecule has 78 valence electrons. The van der Waals surface area contributed by atoms with Crippen LogP contribution in [-0.4, -0.2) is 7.12 Å². The molecule has 1 aromatic carbocycles. The number of para-hydroxylation sites is 2. The largest absolute Gasteiger partial charge is 0.591 e. The lowest BCUT2D eigenvalue weighted by Gasteiger charge is -1.93. The maximum absolute atomic E-state index is 5.28. The van der Waals surface area contributed by atoms with E-state index in [1.54, 1.807) is 0 Å². The lowest BCUT2D eigenvalue weighted by molar-refractivity contribution is 0.510. The molecule has 2 nitrogen and oxygen atoms in total. The molecule has 0 radical (unpaired) electrons. The normalized spacial score (nSPS) is 10.8. The number of rotatable bonds is 0. The fourth-order valence-corrected chi connectivity index (χ4v) is 1.03. The van der Waals surface area contributed by atoms with Crippen LogP contribution in [0.4, 0.5) is 0 Å². The third-order valence-corrected chi connectivity index (χ3v) is 1.44. The zero-order valence-corrected chi connectivity index (χ0v) is 9.70. The Bertz CT molecular complexity index is 226. The van der Waals surface area contributed by atoms with Crippen molar-refractivity contribution in [3.63, 3.8) is 0 Å². The first kappa shape index (κ1) is 12.9. The monoisotopic (exact) mass is 194 g/mol. The van der Waals surface area contributed by atoms with Crippen LogP contribution < -0.4 is 9.31 Å². The topological polar surface area (TPSA) is 18.5 Å². The molecule has 0 N–H and O–H groups in total. The molecule has 1 aliphatic rings. The Morgan fingerprint density at radius 1 is 0.857 bits per heavy atom. The van der Waals surface area contributed by atoms with Crippen molar-refractivity contribution in [2.24, 2.45) is 0 Å². The quantitative estimate of drug-likeness (QED) is 0.587. The molecule has 0 unspecified atom stereocenters. The van der Waals surface area contributed by atoms with Crippen LogP contribution in [0.2, 0.25) is 6.82 Å². The maximum atomic E-state index is 5.28. The van der Waals surface area contributed by atoms with Crippen molar-refractivity contribution in [3.05, 3.63) is 24.3 Å². The van der Waals surface area contributed by atoms with Crippen LogP contribution in [0.3, 0.4) is 0 Å². The second kappa shape index (κ2) is 7.30. The Hall–Kier alpha value is -1.12. The van der Waals surface area contributed by atoms with Gasteiger partial charge in [0.1, 0.15) is 11.5 Å². The van der Waals surface area contributed by atoms with E-state index in [-0.39, 0.29) is 7.12 Å². The van der Waals surface area contributed by atoms with Crippen LogP contribution in [0, 0.1) is 0 Å². The molecule has 0 spiro atoms. The Balaban J connectivity index is 0.000000379. The van der Waals surface area contributed by atoms with Crippen LogP contribution in [0.25, 0.3) is 0 Å². The molecule has 0 saturated carbocycles. The van der Waals surface area contributed by atoms with E-state index >= 15 is 0 Å². The van der Waals surface area contributed by atoms with Crippen molar-refractivity contribution in [1.29, 1.82) is 0 Å². The highest BCUT2D eigenvalue weighted by Crippen LogP contribution is 2.32. The average molecular weight is 194 g/mol. The van der Waals surface area contributed by atoms with E-state index in [1.165, 1.54) is 0 Å². The van der Waals surface area contributed by atoms with Gasteiger partial charge in [-0.2, -0.15) is 0 Å². The van der Waals surface area contributed by atoms with E-state index in [0.29, 0.717) is 0 Å². The summed E-state index contributed by atoms with van der Waals surface area (Å²) in [5, 5.41) is 0. The molecule has 0 amide bonds. The highest BCUT2D eigenvalue weighted by Gasteiger charge is 2.24. The van der Waals surface area contributed by atoms with Crippen LogP contribution in [0.1, 0.15) is 27.7 Å². The van der Waals surface area contributed by atoms with Crippen molar-refractivity contribution < 1.29 is 9.31 Å². The SMILES string of the molecule is CB1Oc2ccccc2O1.CC.CC. The third kappa shape index (κ3) is 3.33. The molecular weight excluding hydrogens is 175 g/mol. The first-order valence-corrected chi connectivity index (χ1v) is 5.28. The van der Waals surface area contributed by atoms with E-state index in [9.17, 15) is 0 Å². The van der Waals surface area contributed by atoms with Gasteiger partial charge in [0.15, 0.2) is 0 Å². The van der Waals surface area contributed by atoms with Crippen molar-refractivity contribution in [3.8, 4) is 11.5 Å². The second-order valence-electron chi connectivity index (χ2n) is 2.25. The molecule has 1 aliphatic heterocycles. The van der Waals surface area contributed by atoms with Gasteiger partial charge in [0.05, 0.1) is 0 Å². The molecule has 2 rings (SSSR count).